The topological polar surface area (TPSA) is 0 Å². The molecule has 60 valence electrons. The first-order chi connectivity index (χ1) is 4.68. The first-order valence-electron chi connectivity index (χ1n) is 3.88. The van der Waals surface area contributed by atoms with Crippen molar-refractivity contribution < 1.29 is 0 Å². The van der Waals surface area contributed by atoms with Crippen LogP contribution < -0.4 is 0 Å². The Morgan fingerprint density at radius 2 is 2.20 bits per heavy atom. The summed E-state index contributed by atoms with van der Waals surface area (Å²) >= 11 is 5.77. The molecule has 0 heterocycles. The van der Waals surface area contributed by atoms with Crippen LogP contribution >= 0.6 is 11.6 Å². The van der Waals surface area contributed by atoms with Gasteiger partial charge in [-0.3, -0.25) is 0 Å². The molecule has 0 rings (SSSR count). The van der Waals surface area contributed by atoms with Crippen molar-refractivity contribution in [1.29, 1.82) is 0 Å². The second-order valence-electron chi connectivity index (χ2n) is 3.10. The van der Waals surface area contributed by atoms with Gasteiger partial charge in [0.2, 0.25) is 0 Å². The molecule has 1 unspecified atom stereocenters. The average Bonchev–Trinajstić information content (AvgIpc) is 2.00. The van der Waals surface area contributed by atoms with Crippen molar-refractivity contribution in [3.05, 3.63) is 12.7 Å². The predicted molar refractivity (Wildman–Crippen MR) is 48.5 cm³/mol. The van der Waals surface area contributed by atoms with Crippen LogP contribution in [0.2, 0.25) is 0 Å². The van der Waals surface area contributed by atoms with Crippen molar-refractivity contribution in [2.75, 3.05) is 5.88 Å². The van der Waals surface area contributed by atoms with Crippen LogP contribution in [0.3, 0.4) is 0 Å². The van der Waals surface area contributed by atoms with Crippen LogP contribution in [0.5, 0.6) is 0 Å². The van der Waals surface area contributed by atoms with Gasteiger partial charge in [0.25, 0.3) is 0 Å². The molecule has 0 fully saturated rings. The molecule has 1 heteroatoms. The van der Waals surface area contributed by atoms with Crippen molar-refractivity contribution in [3.63, 3.8) is 0 Å². The van der Waals surface area contributed by atoms with Gasteiger partial charge in [-0.05, 0) is 11.8 Å². The van der Waals surface area contributed by atoms with Crippen molar-refractivity contribution >= 4 is 11.6 Å². The minimum absolute atomic E-state index is 0.164. The zero-order valence-corrected chi connectivity index (χ0v) is 7.75. The molecular weight excluding hydrogens is 144 g/mol. The Hall–Kier alpha value is 0.0300. The van der Waals surface area contributed by atoms with Gasteiger partial charge in [-0.1, -0.05) is 32.8 Å². The van der Waals surface area contributed by atoms with E-state index in [9.17, 15) is 0 Å². The molecule has 0 aromatic heterocycles. The van der Waals surface area contributed by atoms with Gasteiger partial charge in [0, 0.05) is 5.88 Å². The Morgan fingerprint density at radius 1 is 1.60 bits per heavy atom. The van der Waals surface area contributed by atoms with Gasteiger partial charge in [-0.2, -0.15) is 0 Å². The quantitative estimate of drug-likeness (QED) is 0.426. The van der Waals surface area contributed by atoms with Gasteiger partial charge in [-0.15, -0.1) is 18.2 Å². The number of allylic oxidation sites excluding steroid dienone is 1. The van der Waals surface area contributed by atoms with Crippen molar-refractivity contribution in [1.82, 2.24) is 0 Å². The molecule has 0 N–H and O–H groups in total. The summed E-state index contributed by atoms with van der Waals surface area (Å²) in [6.45, 7) is 8.12. The van der Waals surface area contributed by atoms with E-state index in [1.807, 2.05) is 6.08 Å². The minimum Gasteiger partial charge on any atom is -0.126 e. The maximum atomic E-state index is 5.77. The molecule has 0 amide bonds. The number of rotatable bonds is 5. The van der Waals surface area contributed by atoms with Gasteiger partial charge < -0.3 is 0 Å². The third-order valence-electron chi connectivity index (χ3n) is 1.90. The molecule has 0 nitrogen and oxygen atoms in total. The molecule has 0 aromatic carbocycles. The highest BCUT2D eigenvalue weighted by Gasteiger charge is 2.16. The summed E-state index contributed by atoms with van der Waals surface area (Å²) in [5, 5.41) is 0. The zero-order chi connectivity index (χ0) is 8.04. The summed E-state index contributed by atoms with van der Waals surface area (Å²) in [4.78, 5) is 0. The van der Waals surface area contributed by atoms with E-state index >= 15 is 0 Å². The Morgan fingerprint density at radius 3 is 2.50 bits per heavy atom. The second-order valence-corrected chi connectivity index (χ2v) is 3.36. The summed E-state index contributed by atoms with van der Waals surface area (Å²) in [5.41, 5.74) is 0.164. The van der Waals surface area contributed by atoms with Crippen LogP contribution in [0, 0.1) is 5.41 Å². The number of alkyl halides is 1. The Kier molecular flexibility index (Phi) is 4.80. The lowest BCUT2D eigenvalue weighted by atomic mass is 9.87. The molecule has 0 radical (unpaired) electrons. The minimum atomic E-state index is 0.164. The number of halogens is 1. The van der Waals surface area contributed by atoms with Crippen LogP contribution in [0.15, 0.2) is 12.7 Å². The van der Waals surface area contributed by atoms with E-state index in [1.54, 1.807) is 0 Å². The SMILES string of the molecule is C=CC(C)(CCl)CCCC. The molecule has 0 aromatic rings. The van der Waals surface area contributed by atoms with Crippen LogP contribution in [-0.4, -0.2) is 5.88 Å². The molecule has 0 aliphatic carbocycles. The van der Waals surface area contributed by atoms with E-state index in [0.29, 0.717) is 5.88 Å². The van der Waals surface area contributed by atoms with Crippen LogP contribution in [-0.2, 0) is 0 Å². The lowest BCUT2D eigenvalue weighted by Crippen LogP contribution is -2.14. The Labute approximate surface area is 69.3 Å². The van der Waals surface area contributed by atoms with E-state index in [-0.39, 0.29) is 5.41 Å². The summed E-state index contributed by atoms with van der Waals surface area (Å²) in [7, 11) is 0. The Balaban J connectivity index is 3.68. The standard InChI is InChI=1S/C9H17Cl/c1-4-6-7-9(3,5-2)8-10/h5H,2,4,6-8H2,1,3H3. The van der Waals surface area contributed by atoms with Crippen molar-refractivity contribution in [2.24, 2.45) is 5.41 Å². The molecule has 0 spiro atoms. The molecular formula is C9H17Cl. The van der Waals surface area contributed by atoms with E-state index in [0.717, 1.165) is 6.42 Å². The molecule has 10 heavy (non-hydrogen) atoms. The maximum absolute atomic E-state index is 5.77. The zero-order valence-electron chi connectivity index (χ0n) is 6.99. The normalized spacial score (nSPS) is 16.3. The fourth-order valence-corrected chi connectivity index (χ4v) is 1.05. The third-order valence-corrected chi connectivity index (χ3v) is 2.51. The Bertz CT molecular complexity index is 98.9. The van der Waals surface area contributed by atoms with E-state index < -0.39 is 0 Å². The van der Waals surface area contributed by atoms with Gasteiger partial charge in [0.1, 0.15) is 0 Å². The third kappa shape index (κ3) is 3.26. The largest absolute Gasteiger partial charge is 0.126 e. The fraction of sp³-hybridized carbons (Fsp3) is 0.778. The monoisotopic (exact) mass is 160 g/mol. The number of hydrogen-bond acceptors (Lipinski definition) is 0. The van der Waals surface area contributed by atoms with Gasteiger partial charge >= 0.3 is 0 Å². The fourth-order valence-electron chi connectivity index (χ4n) is 0.804. The second kappa shape index (κ2) is 4.79. The van der Waals surface area contributed by atoms with Crippen LogP contribution in [0.4, 0.5) is 0 Å². The summed E-state index contributed by atoms with van der Waals surface area (Å²) in [5.74, 6) is 0.691. The highest BCUT2D eigenvalue weighted by molar-refractivity contribution is 6.18. The highest BCUT2D eigenvalue weighted by Crippen LogP contribution is 2.26. The van der Waals surface area contributed by atoms with Crippen molar-refractivity contribution in [3.8, 4) is 0 Å². The smallest absolute Gasteiger partial charge is 0.0311 e. The average molecular weight is 161 g/mol. The maximum Gasteiger partial charge on any atom is 0.0311 e. The summed E-state index contributed by atoms with van der Waals surface area (Å²) < 4.78 is 0. The molecule has 0 saturated heterocycles. The van der Waals surface area contributed by atoms with Crippen LogP contribution in [0.1, 0.15) is 33.1 Å². The van der Waals surface area contributed by atoms with Gasteiger partial charge in [-0.25, -0.2) is 0 Å². The lowest BCUT2D eigenvalue weighted by Gasteiger charge is -2.21. The molecule has 0 aliphatic heterocycles. The lowest BCUT2D eigenvalue weighted by molar-refractivity contribution is 0.426. The summed E-state index contributed by atoms with van der Waals surface area (Å²) in [6, 6.07) is 0. The number of unbranched alkanes of at least 4 members (excludes halogenated alkanes) is 1. The van der Waals surface area contributed by atoms with E-state index in [4.69, 9.17) is 11.6 Å². The molecule has 0 saturated carbocycles. The predicted octanol–water partition coefficient (Wildman–Crippen LogP) is 3.61. The van der Waals surface area contributed by atoms with E-state index in [2.05, 4.69) is 20.4 Å². The van der Waals surface area contributed by atoms with Crippen LogP contribution in [0.25, 0.3) is 0 Å². The van der Waals surface area contributed by atoms with Gasteiger partial charge in [0.05, 0.1) is 0 Å². The van der Waals surface area contributed by atoms with E-state index in [1.165, 1.54) is 12.8 Å². The molecule has 0 bridgehead atoms. The highest BCUT2D eigenvalue weighted by atomic mass is 35.5. The number of hydrogen-bond donors (Lipinski definition) is 0. The first kappa shape index (κ1) is 10.0. The first-order valence-corrected chi connectivity index (χ1v) is 4.41. The molecule has 1 atom stereocenters. The molecule has 0 aliphatic rings. The van der Waals surface area contributed by atoms with Crippen molar-refractivity contribution in [2.45, 2.75) is 33.1 Å². The van der Waals surface area contributed by atoms with Gasteiger partial charge in [0.15, 0.2) is 0 Å². The summed E-state index contributed by atoms with van der Waals surface area (Å²) in [6.07, 6.45) is 5.61.